The van der Waals surface area contributed by atoms with Crippen LogP contribution in [-0.2, 0) is 18.4 Å². The van der Waals surface area contributed by atoms with E-state index < -0.39 is 6.09 Å². The molecule has 0 unspecified atom stereocenters. The maximum absolute atomic E-state index is 12.3. The summed E-state index contributed by atoms with van der Waals surface area (Å²) in [5, 5.41) is 12.4. The second-order valence-electron chi connectivity index (χ2n) is 6.99. The Morgan fingerprint density at radius 1 is 1.17 bits per heavy atom. The number of ether oxygens (including phenoxy) is 1. The predicted molar refractivity (Wildman–Crippen MR) is 114 cm³/mol. The Bertz CT molecular complexity index is 1210. The average molecular weight is 407 g/mol. The molecule has 0 aliphatic carbocycles. The molecule has 0 atom stereocenters. The third-order valence-electron chi connectivity index (χ3n) is 4.67. The molecule has 0 aliphatic rings. The zero-order valence-electron chi connectivity index (χ0n) is 16.7. The van der Waals surface area contributed by atoms with Crippen LogP contribution in [0, 0.1) is 20.8 Å². The first-order valence-corrected chi connectivity index (χ1v) is 9.99. The molecule has 1 amide bonds. The molecule has 4 rings (SSSR count). The van der Waals surface area contributed by atoms with Crippen molar-refractivity contribution < 1.29 is 9.53 Å². The molecule has 0 saturated heterocycles. The second-order valence-corrected chi connectivity index (χ2v) is 7.99. The summed E-state index contributed by atoms with van der Waals surface area (Å²) >= 11 is 1.44. The highest BCUT2D eigenvalue weighted by Crippen LogP contribution is 2.33. The normalized spacial score (nSPS) is 11.0. The fourth-order valence-corrected chi connectivity index (χ4v) is 4.18. The fourth-order valence-electron chi connectivity index (χ4n) is 3.13. The third-order valence-corrected chi connectivity index (χ3v) is 5.78. The Morgan fingerprint density at radius 3 is 2.79 bits per heavy atom. The summed E-state index contributed by atoms with van der Waals surface area (Å²) in [6.07, 6.45) is -0.511. The van der Waals surface area contributed by atoms with Crippen molar-refractivity contribution in [3.63, 3.8) is 0 Å². The smallest absolute Gasteiger partial charge is 0.412 e. The minimum Gasteiger partial charge on any atom is -0.444 e. The molecule has 2 heterocycles. The van der Waals surface area contributed by atoms with Gasteiger partial charge in [0, 0.05) is 12.6 Å². The number of carbonyl (C=O) groups excluding carboxylic acids is 1. The molecular weight excluding hydrogens is 386 g/mol. The van der Waals surface area contributed by atoms with Crippen molar-refractivity contribution in [3.8, 4) is 10.6 Å². The maximum Gasteiger partial charge on any atom is 0.412 e. The van der Waals surface area contributed by atoms with Gasteiger partial charge in [-0.15, -0.1) is 5.10 Å². The van der Waals surface area contributed by atoms with Gasteiger partial charge >= 0.3 is 6.09 Å². The van der Waals surface area contributed by atoms with Crippen molar-refractivity contribution in [1.29, 1.82) is 0 Å². The molecule has 0 saturated carbocycles. The summed E-state index contributed by atoms with van der Waals surface area (Å²) in [5.74, 6) is 0. The molecule has 0 bridgehead atoms. The molecule has 0 fully saturated rings. The lowest BCUT2D eigenvalue weighted by molar-refractivity contribution is 0.155. The second kappa shape index (κ2) is 7.63. The van der Waals surface area contributed by atoms with Crippen LogP contribution in [0.1, 0.15) is 22.4 Å². The van der Waals surface area contributed by atoms with Gasteiger partial charge in [0.2, 0.25) is 0 Å². The number of amides is 1. The van der Waals surface area contributed by atoms with Crippen LogP contribution in [0.5, 0.6) is 0 Å². The van der Waals surface area contributed by atoms with Gasteiger partial charge in [-0.3, -0.25) is 5.32 Å². The Hall–Kier alpha value is -3.26. The Balaban J connectivity index is 1.43. The van der Waals surface area contributed by atoms with Crippen LogP contribution in [0.4, 0.5) is 9.80 Å². The minimum atomic E-state index is -0.511. The first-order chi connectivity index (χ1) is 13.9. The van der Waals surface area contributed by atoms with E-state index in [-0.39, 0.29) is 6.61 Å². The number of carbonyl (C=O) groups is 1. The molecule has 2 aromatic heterocycles. The number of benzene rings is 2. The van der Waals surface area contributed by atoms with E-state index in [4.69, 9.17) is 4.74 Å². The number of hydrogen-bond acceptors (Lipinski definition) is 6. The summed E-state index contributed by atoms with van der Waals surface area (Å²) in [6.45, 7) is 6.16. The third kappa shape index (κ3) is 3.97. The lowest BCUT2D eigenvalue weighted by atomic mass is 10.1. The van der Waals surface area contributed by atoms with E-state index in [0.717, 1.165) is 38.4 Å². The topological polar surface area (TPSA) is 81.9 Å². The number of thiazole rings is 1. The van der Waals surface area contributed by atoms with Gasteiger partial charge in [-0.05, 0) is 44.0 Å². The SMILES string of the molecule is Cc1ccc(-c2nc(C)c(NC(=O)OCc3ccc4c(c3)nnn4C)s2)c(C)c1. The van der Waals surface area contributed by atoms with E-state index in [1.807, 2.05) is 32.2 Å². The zero-order chi connectivity index (χ0) is 20.5. The van der Waals surface area contributed by atoms with Crippen molar-refractivity contribution in [2.24, 2.45) is 7.05 Å². The molecule has 2 aromatic carbocycles. The van der Waals surface area contributed by atoms with Gasteiger partial charge in [0.25, 0.3) is 0 Å². The first-order valence-electron chi connectivity index (χ1n) is 9.18. The molecule has 0 aliphatic heterocycles. The van der Waals surface area contributed by atoms with Crippen LogP contribution in [-0.4, -0.2) is 26.1 Å². The number of nitrogens with zero attached hydrogens (tertiary/aromatic N) is 4. The summed E-state index contributed by atoms with van der Waals surface area (Å²) in [5.41, 5.74) is 6.76. The number of anilines is 1. The van der Waals surface area contributed by atoms with Crippen molar-refractivity contribution in [1.82, 2.24) is 20.0 Å². The van der Waals surface area contributed by atoms with Gasteiger partial charge in [-0.25, -0.2) is 14.5 Å². The Kier molecular flexibility index (Phi) is 5.02. The lowest BCUT2D eigenvalue weighted by Gasteiger charge is -2.06. The summed E-state index contributed by atoms with van der Waals surface area (Å²) in [4.78, 5) is 16.9. The monoisotopic (exact) mass is 407 g/mol. The van der Waals surface area contributed by atoms with Gasteiger partial charge in [0.15, 0.2) is 0 Å². The van der Waals surface area contributed by atoms with Crippen LogP contribution in [0.25, 0.3) is 21.6 Å². The molecule has 0 radical (unpaired) electrons. The van der Waals surface area contributed by atoms with Crippen LogP contribution < -0.4 is 5.32 Å². The number of aromatic nitrogens is 4. The van der Waals surface area contributed by atoms with Gasteiger partial charge in [-0.1, -0.05) is 46.4 Å². The highest BCUT2D eigenvalue weighted by Gasteiger charge is 2.14. The summed E-state index contributed by atoms with van der Waals surface area (Å²) < 4.78 is 7.07. The molecule has 29 heavy (non-hydrogen) atoms. The van der Waals surface area contributed by atoms with Crippen molar-refractivity contribution in [2.75, 3.05) is 5.32 Å². The molecule has 7 nitrogen and oxygen atoms in total. The molecule has 0 spiro atoms. The van der Waals surface area contributed by atoms with Gasteiger partial charge < -0.3 is 4.74 Å². The summed E-state index contributed by atoms with van der Waals surface area (Å²) in [6, 6.07) is 11.9. The average Bonchev–Trinajstić information content (AvgIpc) is 3.23. The van der Waals surface area contributed by atoms with E-state index >= 15 is 0 Å². The van der Waals surface area contributed by atoms with E-state index in [0.29, 0.717) is 5.00 Å². The van der Waals surface area contributed by atoms with Crippen molar-refractivity contribution >= 4 is 33.5 Å². The van der Waals surface area contributed by atoms with Crippen LogP contribution >= 0.6 is 11.3 Å². The molecule has 148 valence electrons. The Labute approximate surface area is 172 Å². The minimum absolute atomic E-state index is 0.153. The number of rotatable bonds is 4. The van der Waals surface area contributed by atoms with Crippen LogP contribution in [0.3, 0.4) is 0 Å². The number of nitrogens with one attached hydrogen (secondary N) is 1. The predicted octanol–water partition coefficient (Wildman–Crippen LogP) is 4.77. The zero-order valence-corrected chi connectivity index (χ0v) is 17.5. The van der Waals surface area contributed by atoms with E-state index in [1.165, 1.54) is 16.9 Å². The first kappa shape index (κ1) is 19.1. The number of hydrogen-bond donors (Lipinski definition) is 1. The number of fused-ring (bicyclic) bond motifs is 1. The highest BCUT2D eigenvalue weighted by atomic mass is 32.1. The van der Waals surface area contributed by atoms with Gasteiger partial charge in [0.1, 0.15) is 22.1 Å². The van der Waals surface area contributed by atoms with E-state index in [9.17, 15) is 4.79 Å². The fraction of sp³-hybridized carbons (Fsp3) is 0.238. The number of aryl methyl sites for hydroxylation is 4. The van der Waals surface area contributed by atoms with E-state index in [2.05, 4.69) is 52.7 Å². The largest absolute Gasteiger partial charge is 0.444 e. The van der Waals surface area contributed by atoms with Gasteiger partial charge in [-0.2, -0.15) is 0 Å². The lowest BCUT2D eigenvalue weighted by Crippen LogP contribution is -2.13. The summed E-state index contributed by atoms with van der Waals surface area (Å²) in [7, 11) is 1.84. The quantitative estimate of drug-likeness (QED) is 0.527. The maximum atomic E-state index is 12.3. The molecule has 8 heteroatoms. The van der Waals surface area contributed by atoms with Crippen LogP contribution in [0.15, 0.2) is 36.4 Å². The standard InChI is InChI=1S/C21H21N5O2S/c1-12-5-7-16(13(2)9-12)20-22-14(3)19(29-20)23-21(27)28-11-15-6-8-18-17(10-15)24-25-26(18)4/h5-10H,11H2,1-4H3,(H,23,27). The van der Waals surface area contributed by atoms with Gasteiger partial charge in [0.05, 0.1) is 11.2 Å². The molecule has 1 N–H and O–H groups in total. The Morgan fingerprint density at radius 2 is 2.00 bits per heavy atom. The van der Waals surface area contributed by atoms with E-state index in [1.54, 1.807) is 4.68 Å². The van der Waals surface area contributed by atoms with Crippen molar-refractivity contribution in [2.45, 2.75) is 27.4 Å². The molecule has 4 aromatic rings. The van der Waals surface area contributed by atoms with Crippen LogP contribution in [0.2, 0.25) is 0 Å². The van der Waals surface area contributed by atoms with Crippen molar-refractivity contribution in [3.05, 3.63) is 58.8 Å². The molecular formula is C21H21N5O2S. The highest BCUT2D eigenvalue weighted by molar-refractivity contribution is 7.19.